The summed E-state index contributed by atoms with van der Waals surface area (Å²) in [6.45, 7) is 4.27. The third kappa shape index (κ3) is 13.7. The van der Waals surface area contributed by atoms with Crippen LogP contribution in [0.2, 0.25) is 0 Å². The van der Waals surface area contributed by atoms with Gasteiger partial charge in [-0.15, -0.1) is 0 Å². The minimum absolute atomic E-state index is 0.0300. The fourth-order valence-corrected chi connectivity index (χ4v) is 3.09. The molecule has 4 N–H and O–H groups in total. The van der Waals surface area contributed by atoms with Crippen molar-refractivity contribution in [2.75, 3.05) is 0 Å². The smallest absolute Gasteiger partial charge is 0.166 e. The van der Waals surface area contributed by atoms with Gasteiger partial charge in [0.25, 0.3) is 0 Å². The Morgan fingerprint density at radius 3 is 1.43 bits per heavy atom. The Kier molecular flexibility index (Phi) is 14.9. The predicted octanol–water partition coefficient (Wildman–Crippen LogP) is 5.45. The van der Waals surface area contributed by atoms with Crippen LogP contribution in [0.5, 0.6) is 0 Å². The van der Waals surface area contributed by atoms with Gasteiger partial charge < -0.3 is 11.5 Å². The lowest BCUT2D eigenvalue weighted by Crippen LogP contribution is -2.56. The van der Waals surface area contributed by atoms with E-state index in [0.717, 1.165) is 19.3 Å². The number of rotatable bonds is 17. The summed E-state index contributed by atoms with van der Waals surface area (Å²) >= 11 is 0. The Morgan fingerprint density at radius 1 is 0.652 bits per heavy atom. The maximum atomic E-state index is 11.9. The molecule has 0 heterocycles. The van der Waals surface area contributed by atoms with Crippen molar-refractivity contribution in [3.05, 3.63) is 0 Å². The molecule has 3 nitrogen and oxygen atoms in total. The van der Waals surface area contributed by atoms with Crippen molar-refractivity contribution in [1.29, 1.82) is 0 Å². The first-order valence-corrected chi connectivity index (χ1v) is 10.2. The van der Waals surface area contributed by atoms with Gasteiger partial charge in [0.2, 0.25) is 0 Å². The van der Waals surface area contributed by atoms with Crippen molar-refractivity contribution in [3.8, 4) is 0 Å². The Morgan fingerprint density at radius 2 is 1.04 bits per heavy atom. The molecule has 0 amide bonds. The van der Waals surface area contributed by atoms with Crippen LogP contribution in [0.25, 0.3) is 0 Å². The summed E-state index contributed by atoms with van der Waals surface area (Å²) in [5.74, 6) is 0.0300. The van der Waals surface area contributed by atoms with Crippen LogP contribution in [0.1, 0.15) is 117 Å². The van der Waals surface area contributed by atoms with Crippen LogP contribution in [-0.2, 0) is 4.79 Å². The van der Waals surface area contributed by atoms with E-state index in [9.17, 15) is 4.79 Å². The fraction of sp³-hybridized carbons (Fsp3) is 0.950. The zero-order valence-electron chi connectivity index (χ0n) is 15.9. The lowest BCUT2D eigenvalue weighted by Gasteiger charge is -2.22. The standard InChI is InChI=1S/C20H42N2O/c1-3-5-6-7-8-9-10-11-12-13-14-15-16-17-19(23)20(21,22)18-4-2/h3-18,21-22H2,1-2H3. The molecule has 0 fully saturated rings. The van der Waals surface area contributed by atoms with Crippen molar-refractivity contribution in [3.63, 3.8) is 0 Å². The molecular weight excluding hydrogens is 284 g/mol. The summed E-state index contributed by atoms with van der Waals surface area (Å²) < 4.78 is 0. The summed E-state index contributed by atoms with van der Waals surface area (Å²) in [5, 5.41) is 0. The van der Waals surface area contributed by atoms with Crippen molar-refractivity contribution >= 4 is 5.78 Å². The second-order valence-electron chi connectivity index (χ2n) is 7.21. The molecule has 0 aliphatic rings. The molecule has 0 atom stereocenters. The summed E-state index contributed by atoms with van der Waals surface area (Å²) in [6, 6.07) is 0. The molecule has 0 spiro atoms. The molecule has 0 aliphatic heterocycles. The van der Waals surface area contributed by atoms with E-state index in [1.807, 2.05) is 6.92 Å². The van der Waals surface area contributed by atoms with Crippen LogP contribution in [0.15, 0.2) is 0 Å². The van der Waals surface area contributed by atoms with Gasteiger partial charge in [-0.1, -0.05) is 97.3 Å². The summed E-state index contributed by atoms with van der Waals surface area (Å²) in [7, 11) is 0. The molecule has 0 radical (unpaired) electrons. The van der Waals surface area contributed by atoms with Crippen molar-refractivity contribution < 1.29 is 4.79 Å². The first kappa shape index (κ1) is 22.6. The number of carbonyl (C=O) groups excluding carboxylic acids is 1. The van der Waals surface area contributed by atoms with E-state index in [1.165, 1.54) is 70.6 Å². The van der Waals surface area contributed by atoms with Gasteiger partial charge in [0.05, 0.1) is 0 Å². The molecule has 3 heteroatoms. The molecule has 23 heavy (non-hydrogen) atoms. The molecule has 0 unspecified atom stereocenters. The number of hydrogen-bond acceptors (Lipinski definition) is 3. The lowest BCUT2D eigenvalue weighted by molar-refractivity contribution is -0.124. The molecule has 0 bridgehead atoms. The van der Waals surface area contributed by atoms with E-state index in [-0.39, 0.29) is 5.78 Å². The van der Waals surface area contributed by atoms with Gasteiger partial charge in [0.1, 0.15) is 5.66 Å². The first-order chi connectivity index (χ1) is 11.0. The van der Waals surface area contributed by atoms with E-state index in [4.69, 9.17) is 11.5 Å². The van der Waals surface area contributed by atoms with Crippen molar-refractivity contribution in [2.45, 2.75) is 122 Å². The van der Waals surface area contributed by atoms with Crippen LogP contribution in [0, 0.1) is 0 Å². The second kappa shape index (κ2) is 15.1. The average molecular weight is 327 g/mol. The minimum Gasteiger partial charge on any atom is -0.307 e. The SMILES string of the molecule is CCCCCCCCCCCCCCCC(=O)C(N)(N)CCC. The Bertz CT molecular complexity index is 277. The van der Waals surface area contributed by atoms with E-state index in [0.29, 0.717) is 12.8 Å². The third-order valence-corrected chi connectivity index (χ3v) is 4.69. The Balaban J connectivity index is 3.29. The molecular formula is C20H42N2O. The van der Waals surface area contributed by atoms with Crippen molar-refractivity contribution in [2.24, 2.45) is 11.5 Å². The molecule has 138 valence electrons. The molecule has 0 aromatic carbocycles. The van der Waals surface area contributed by atoms with Gasteiger partial charge in [-0.05, 0) is 12.8 Å². The van der Waals surface area contributed by atoms with Crippen LogP contribution < -0.4 is 11.5 Å². The quantitative estimate of drug-likeness (QED) is 0.276. The maximum Gasteiger partial charge on any atom is 0.166 e. The average Bonchev–Trinajstić information content (AvgIpc) is 2.51. The van der Waals surface area contributed by atoms with Gasteiger partial charge in [0.15, 0.2) is 5.78 Å². The summed E-state index contributed by atoms with van der Waals surface area (Å²) in [6.07, 6.45) is 19.1. The highest BCUT2D eigenvalue weighted by Crippen LogP contribution is 2.14. The minimum atomic E-state index is -1.09. The van der Waals surface area contributed by atoms with Gasteiger partial charge in [-0.3, -0.25) is 4.79 Å². The van der Waals surface area contributed by atoms with Crippen molar-refractivity contribution in [1.82, 2.24) is 0 Å². The van der Waals surface area contributed by atoms with Crippen LogP contribution in [0.3, 0.4) is 0 Å². The predicted molar refractivity (Wildman–Crippen MR) is 101 cm³/mol. The zero-order chi connectivity index (χ0) is 17.4. The molecule has 0 saturated carbocycles. The molecule has 0 aliphatic carbocycles. The second-order valence-corrected chi connectivity index (χ2v) is 7.21. The summed E-state index contributed by atoms with van der Waals surface area (Å²) in [5.41, 5.74) is 10.6. The monoisotopic (exact) mass is 326 g/mol. The molecule has 0 saturated heterocycles. The number of nitrogens with two attached hydrogens (primary N) is 2. The first-order valence-electron chi connectivity index (χ1n) is 10.2. The number of Topliss-reactive ketones (excluding diaryl/α,β-unsaturated/α-hetero) is 1. The van der Waals surface area contributed by atoms with E-state index in [2.05, 4.69) is 6.92 Å². The van der Waals surface area contributed by atoms with Gasteiger partial charge in [-0.25, -0.2) is 0 Å². The molecule has 0 aromatic rings. The number of hydrogen-bond donors (Lipinski definition) is 2. The number of carbonyl (C=O) groups is 1. The highest BCUT2D eigenvalue weighted by Gasteiger charge is 2.26. The third-order valence-electron chi connectivity index (χ3n) is 4.69. The zero-order valence-corrected chi connectivity index (χ0v) is 15.9. The highest BCUT2D eigenvalue weighted by molar-refractivity contribution is 5.87. The number of unbranched alkanes of at least 4 members (excludes halogenated alkanes) is 12. The topological polar surface area (TPSA) is 69.1 Å². The Hall–Kier alpha value is -0.410. The van der Waals surface area contributed by atoms with Crippen LogP contribution in [-0.4, -0.2) is 11.4 Å². The van der Waals surface area contributed by atoms with Crippen LogP contribution in [0.4, 0.5) is 0 Å². The van der Waals surface area contributed by atoms with Crippen LogP contribution >= 0.6 is 0 Å². The largest absolute Gasteiger partial charge is 0.307 e. The maximum absolute atomic E-state index is 11.9. The van der Waals surface area contributed by atoms with E-state index >= 15 is 0 Å². The normalized spacial score (nSPS) is 11.8. The van der Waals surface area contributed by atoms with E-state index in [1.54, 1.807) is 0 Å². The highest BCUT2D eigenvalue weighted by atomic mass is 16.1. The molecule has 0 rings (SSSR count). The fourth-order valence-electron chi connectivity index (χ4n) is 3.09. The number of ketones is 1. The lowest BCUT2D eigenvalue weighted by atomic mass is 9.96. The summed E-state index contributed by atoms with van der Waals surface area (Å²) in [4.78, 5) is 11.9. The Labute approximate surface area is 145 Å². The van der Waals surface area contributed by atoms with Gasteiger partial charge in [-0.2, -0.15) is 0 Å². The van der Waals surface area contributed by atoms with Gasteiger partial charge >= 0.3 is 0 Å². The van der Waals surface area contributed by atoms with Gasteiger partial charge in [0, 0.05) is 6.42 Å². The van der Waals surface area contributed by atoms with E-state index < -0.39 is 5.66 Å². The molecule has 0 aromatic heterocycles.